The molecule has 2 aromatic heterocycles. The van der Waals surface area contributed by atoms with E-state index in [1.807, 2.05) is 0 Å². The second-order valence-electron chi connectivity index (χ2n) is 7.11. The van der Waals surface area contributed by atoms with Crippen LogP contribution in [-0.2, 0) is 4.74 Å². The van der Waals surface area contributed by atoms with Crippen molar-refractivity contribution in [1.29, 1.82) is 0 Å². The van der Waals surface area contributed by atoms with E-state index in [0.717, 1.165) is 55.7 Å². The molecule has 0 saturated carbocycles. The molecule has 3 aromatic rings. The monoisotopic (exact) mass is 374 g/mol. The molecule has 1 aromatic carbocycles. The first-order valence-corrected chi connectivity index (χ1v) is 8.66. The zero-order chi connectivity index (χ0) is 18.6. The molecular weight excluding hydrogens is 358 g/mol. The van der Waals surface area contributed by atoms with E-state index in [-0.39, 0.29) is 16.9 Å². The average molecular weight is 374 g/mol. The normalized spacial score (nSPS) is 18.8. The summed E-state index contributed by atoms with van der Waals surface area (Å²) in [6.45, 7) is 3.44. The summed E-state index contributed by atoms with van der Waals surface area (Å²) in [6, 6.07) is 4.35. The van der Waals surface area contributed by atoms with Crippen molar-refractivity contribution >= 4 is 16.9 Å². The van der Waals surface area contributed by atoms with Crippen LogP contribution in [0.5, 0.6) is 5.75 Å². The van der Waals surface area contributed by atoms with E-state index >= 15 is 0 Å². The van der Waals surface area contributed by atoms with E-state index in [1.54, 1.807) is 12.1 Å². The third kappa shape index (κ3) is 2.51. The largest absolute Gasteiger partial charge is 0.503 e. The number of phenolic OH excluding ortho intramolecular Hbond substituents is 1. The quantitative estimate of drug-likeness (QED) is 0.732. The van der Waals surface area contributed by atoms with Gasteiger partial charge in [0, 0.05) is 37.8 Å². The lowest BCUT2D eigenvalue weighted by atomic mass is 9.73. The van der Waals surface area contributed by atoms with E-state index in [0.29, 0.717) is 5.41 Å². The van der Waals surface area contributed by atoms with Crippen molar-refractivity contribution in [3.8, 4) is 11.6 Å². The Bertz CT molecular complexity index is 1010. The Hall–Kier alpha value is -2.88. The molecule has 0 radical (unpaired) electrons. The summed E-state index contributed by atoms with van der Waals surface area (Å²) >= 11 is 0. The number of fused-ring (bicyclic) bond motifs is 1. The highest BCUT2D eigenvalue weighted by molar-refractivity contribution is 5.78. The van der Waals surface area contributed by atoms with Gasteiger partial charge < -0.3 is 14.7 Å². The molecule has 1 spiro atoms. The highest BCUT2D eigenvalue weighted by Gasteiger charge is 2.44. The van der Waals surface area contributed by atoms with Crippen LogP contribution in [0, 0.1) is 17.0 Å². The fourth-order valence-corrected chi connectivity index (χ4v) is 3.81. The molecule has 140 valence electrons. The Morgan fingerprint density at radius 3 is 2.44 bits per heavy atom. The van der Waals surface area contributed by atoms with Crippen LogP contribution >= 0.6 is 0 Å². The lowest BCUT2D eigenvalue weighted by Crippen LogP contribution is -2.58. The fourth-order valence-electron chi connectivity index (χ4n) is 3.81. The number of hydrogen-bond acceptors (Lipinski definition) is 7. The van der Waals surface area contributed by atoms with Gasteiger partial charge in [-0.3, -0.25) is 0 Å². The second-order valence-corrected chi connectivity index (χ2v) is 7.11. The standard InChI is InChI=1S/C17H16F2N6O2/c18-10-7-11-15(14(19)16(10)26)25(23-20-11)13-2-1-12(21-22-13)24-8-17(9-24)3-5-27-6-4-17/h1-2,7,26H,3-6,8-9H2. The topological polar surface area (TPSA) is 89.2 Å². The van der Waals surface area contributed by atoms with Crippen LogP contribution in [0.15, 0.2) is 18.2 Å². The van der Waals surface area contributed by atoms with E-state index in [9.17, 15) is 13.9 Å². The van der Waals surface area contributed by atoms with Gasteiger partial charge in [-0.15, -0.1) is 15.3 Å². The Balaban J connectivity index is 1.41. The number of ether oxygens (including phenoxy) is 1. The molecule has 2 aliphatic heterocycles. The Morgan fingerprint density at radius 1 is 1.04 bits per heavy atom. The van der Waals surface area contributed by atoms with Gasteiger partial charge in [0.25, 0.3) is 0 Å². The van der Waals surface area contributed by atoms with Crippen LogP contribution in [0.3, 0.4) is 0 Å². The molecule has 0 atom stereocenters. The smallest absolute Gasteiger partial charge is 0.195 e. The van der Waals surface area contributed by atoms with Gasteiger partial charge in [-0.1, -0.05) is 5.21 Å². The van der Waals surface area contributed by atoms with Gasteiger partial charge in [0.2, 0.25) is 0 Å². The van der Waals surface area contributed by atoms with Gasteiger partial charge in [0.15, 0.2) is 29.0 Å². The Morgan fingerprint density at radius 2 is 1.74 bits per heavy atom. The molecule has 0 bridgehead atoms. The van der Waals surface area contributed by atoms with Crippen molar-refractivity contribution in [2.45, 2.75) is 12.8 Å². The number of nitrogens with zero attached hydrogens (tertiary/aromatic N) is 6. The molecular formula is C17H16F2N6O2. The van der Waals surface area contributed by atoms with Crippen molar-refractivity contribution in [1.82, 2.24) is 25.2 Å². The van der Waals surface area contributed by atoms with Crippen LogP contribution in [0.4, 0.5) is 14.6 Å². The predicted octanol–water partition coefficient (Wildman–Crippen LogP) is 1.81. The number of aromatic nitrogens is 5. The average Bonchev–Trinajstić information content (AvgIpc) is 3.09. The lowest BCUT2D eigenvalue weighted by Gasteiger charge is -2.52. The molecule has 2 aliphatic rings. The molecule has 0 aliphatic carbocycles. The number of aromatic hydroxyl groups is 1. The van der Waals surface area contributed by atoms with E-state index in [1.165, 1.54) is 0 Å². The highest BCUT2D eigenvalue weighted by Crippen LogP contribution is 2.41. The minimum absolute atomic E-state index is 0.0159. The van der Waals surface area contributed by atoms with Crippen LogP contribution in [-0.4, -0.2) is 56.6 Å². The number of benzene rings is 1. The van der Waals surface area contributed by atoms with E-state index in [2.05, 4.69) is 25.4 Å². The van der Waals surface area contributed by atoms with Crippen LogP contribution < -0.4 is 4.90 Å². The number of halogens is 2. The zero-order valence-corrected chi connectivity index (χ0v) is 14.3. The third-order valence-electron chi connectivity index (χ3n) is 5.39. The lowest BCUT2D eigenvalue weighted by molar-refractivity contribution is -0.000503. The Labute approximate surface area is 152 Å². The van der Waals surface area contributed by atoms with Gasteiger partial charge in [-0.25, -0.2) is 8.78 Å². The molecule has 0 amide bonds. The molecule has 0 unspecified atom stereocenters. The highest BCUT2D eigenvalue weighted by atomic mass is 19.1. The van der Waals surface area contributed by atoms with Crippen molar-refractivity contribution in [2.75, 3.05) is 31.2 Å². The van der Waals surface area contributed by atoms with Gasteiger partial charge in [-0.05, 0) is 25.0 Å². The summed E-state index contributed by atoms with van der Waals surface area (Å²) in [4.78, 5) is 2.14. The SMILES string of the molecule is Oc1c(F)cc2nnn(-c3ccc(N4CC5(CCOCC5)C4)nn3)c2c1F. The number of phenols is 1. The van der Waals surface area contributed by atoms with Gasteiger partial charge >= 0.3 is 0 Å². The van der Waals surface area contributed by atoms with Gasteiger partial charge in [0.1, 0.15) is 11.0 Å². The van der Waals surface area contributed by atoms with Gasteiger partial charge in [0.05, 0.1) is 0 Å². The molecule has 2 saturated heterocycles. The number of rotatable bonds is 2. The summed E-state index contributed by atoms with van der Waals surface area (Å²) in [5.41, 5.74) is 0.143. The maximum Gasteiger partial charge on any atom is 0.195 e. The molecule has 4 heterocycles. The minimum Gasteiger partial charge on any atom is -0.503 e. The summed E-state index contributed by atoms with van der Waals surface area (Å²) < 4.78 is 34.2. The third-order valence-corrected chi connectivity index (χ3v) is 5.39. The van der Waals surface area contributed by atoms with E-state index < -0.39 is 17.4 Å². The molecule has 1 N–H and O–H groups in total. The maximum atomic E-state index is 14.3. The van der Waals surface area contributed by atoms with Gasteiger partial charge in [-0.2, -0.15) is 4.68 Å². The van der Waals surface area contributed by atoms with Crippen LogP contribution in [0.25, 0.3) is 16.9 Å². The number of anilines is 1. The molecule has 10 heteroatoms. The van der Waals surface area contributed by atoms with E-state index in [4.69, 9.17) is 4.74 Å². The molecule has 2 fully saturated rings. The zero-order valence-electron chi connectivity index (χ0n) is 14.3. The van der Waals surface area contributed by atoms with Crippen LogP contribution in [0.2, 0.25) is 0 Å². The minimum atomic E-state index is -1.13. The van der Waals surface area contributed by atoms with Crippen molar-refractivity contribution in [3.63, 3.8) is 0 Å². The second kappa shape index (κ2) is 5.81. The van der Waals surface area contributed by atoms with Crippen molar-refractivity contribution in [2.24, 2.45) is 5.41 Å². The summed E-state index contributed by atoms with van der Waals surface area (Å²) in [6.07, 6.45) is 2.11. The summed E-state index contributed by atoms with van der Waals surface area (Å²) in [7, 11) is 0. The molecule has 5 rings (SSSR count). The van der Waals surface area contributed by atoms with Crippen molar-refractivity contribution < 1.29 is 18.6 Å². The first kappa shape index (κ1) is 16.3. The Kier molecular flexibility index (Phi) is 3.51. The number of hydrogen-bond donors (Lipinski definition) is 1. The maximum absolute atomic E-state index is 14.3. The summed E-state index contributed by atoms with van der Waals surface area (Å²) in [5.74, 6) is -2.33. The van der Waals surface area contributed by atoms with Crippen LogP contribution in [0.1, 0.15) is 12.8 Å². The first-order chi connectivity index (χ1) is 13.1. The molecule has 8 nitrogen and oxygen atoms in total. The fraction of sp³-hybridized carbons (Fsp3) is 0.412. The first-order valence-electron chi connectivity index (χ1n) is 8.66. The predicted molar refractivity (Wildman–Crippen MR) is 90.7 cm³/mol. The van der Waals surface area contributed by atoms with Crippen molar-refractivity contribution in [3.05, 3.63) is 29.8 Å². The molecule has 27 heavy (non-hydrogen) atoms. The summed E-state index contributed by atoms with van der Waals surface area (Å²) in [5, 5.41) is 25.3.